The van der Waals surface area contributed by atoms with Crippen molar-refractivity contribution in [3.8, 4) is 0 Å². The van der Waals surface area contributed by atoms with Crippen LogP contribution in [-0.4, -0.2) is 48.6 Å². The van der Waals surface area contributed by atoms with Gasteiger partial charge in [-0.2, -0.15) is 0 Å². The smallest absolute Gasteiger partial charge is 0.247 e. The van der Waals surface area contributed by atoms with Crippen molar-refractivity contribution in [2.45, 2.75) is 51.1 Å². The van der Waals surface area contributed by atoms with Crippen LogP contribution in [0.25, 0.3) is 0 Å². The van der Waals surface area contributed by atoms with Crippen LogP contribution < -0.4 is 5.32 Å². The topological polar surface area (TPSA) is 58.6 Å². The molecule has 0 spiro atoms. The Morgan fingerprint density at radius 3 is 2.63 bits per heavy atom. The molecular weight excluding hydrogens is 244 g/mol. The number of nitrogens with zero attached hydrogens (tertiary/aromatic N) is 1. The molecule has 3 fully saturated rings. The Morgan fingerprint density at radius 1 is 1.32 bits per heavy atom. The van der Waals surface area contributed by atoms with Gasteiger partial charge in [-0.1, -0.05) is 6.92 Å². The maximum Gasteiger partial charge on any atom is 0.247 e. The molecule has 0 radical (unpaired) electrons. The van der Waals surface area contributed by atoms with Gasteiger partial charge in [0, 0.05) is 25.8 Å². The lowest BCUT2D eigenvalue weighted by Crippen LogP contribution is -2.45. The van der Waals surface area contributed by atoms with E-state index >= 15 is 0 Å². The summed E-state index contributed by atoms with van der Waals surface area (Å²) in [6.07, 6.45) is 4.34. The Balaban J connectivity index is 1.55. The zero-order chi connectivity index (χ0) is 13.5. The summed E-state index contributed by atoms with van der Waals surface area (Å²) in [7, 11) is 0. The molecule has 2 amide bonds. The standard InChI is InChI=1S/C14H22N2O3/c1-14(4-6-19-7-5-14)9-15-11-8-12(17)16(13(11)18)10-2-3-10/h10-11,15H,2-9H2,1H3. The van der Waals surface area contributed by atoms with Gasteiger partial charge in [0.15, 0.2) is 0 Å². The average Bonchev–Trinajstić information content (AvgIpc) is 3.16. The first-order valence-electron chi connectivity index (χ1n) is 7.26. The van der Waals surface area contributed by atoms with Crippen molar-refractivity contribution < 1.29 is 14.3 Å². The second-order valence-corrected chi connectivity index (χ2v) is 6.39. The van der Waals surface area contributed by atoms with E-state index in [0.717, 1.165) is 45.4 Å². The highest BCUT2D eigenvalue weighted by Crippen LogP contribution is 2.32. The van der Waals surface area contributed by atoms with E-state index in [-0.39, 0.29) is 29.3 Å². The van der Waals surface area contributed by atoms with E-state index in [2.05, 4.69) is 12.2 Å². The van der Waals surface area contributed by atoms with Crippen molar-refractivity contribution >= 4 is 11.8 Å². The molecule has 3 rings (SSSR count). The van der Waals surface area contributed by atoms with Gasteiger partial charge in [0.1, 0.15) is 0 Å². The monoisotopic (exact) mass is 266 g/mol. The third-order valence-electron chi connectivity index (χ3n) is 4.57. The highest BCUT2D eigenvalue weighted by atomic mass is 16.5. The number of hydrogen-bond acceptors (Lipinski definition) is 4. The van der Waals surface area contributed by atoms with Gasteiger partial charge in [-0.25, -0.2) is 0 Å². The maximum atomic E-state index is 12.2. The van der Waals surface area contributed by atoms with Gasteiger partial charge < -0.3 is 10.1 Å². The minimum Gasteiger partial charge on any atom is -0.381 e. The molecule has 1 unspecified atom stereocenters. The lowest BCUT2D eigenvalue weighted by molar-refractivity contribution is -0.139. The van der Waals surface area contributed by atoms with E-state index in [1.54, 1.807) is 0 Å². The molecule has 1 saturated carbocycles. The van der Waals surface area contributed by atoms with Crippen LogP contribution in [0.4, 0.5) is 0 Å². The molecule has 3 aliphatic rings. The normalized spacial score (nSPS) is 31.0. The number of carbonyl (C=O) groups is 2. The molecule has 2 heterocycles. The zero-order valence-corrected chi connectivity index (χ0v) is 11.5. The molecular formula is C14H22N2O3. The van der Waals surface area contributed by atoms with Gasteiger partial charge in [-0.05, 0) is 31.1 Å². The molecule has 2 saturated heterocycles. The lowest BCUT2D eigenvalue weighted by Gasteiger charge is -2.34. The van der Waals surface area contributed by atoms with E-state index in [1.165, 1.54) is 4.90 Å². The van der Waals surface area contributed by atoms with E-state index < -0.39 is 0 Å². The number of carbonyl (C=O) groups excluding carboxylic acids is 2. The largest absolute Gasteiger partial charge is 0.381 e. The van der Waals surface area contributed by atoms with Gasteiger partial charge >= 0.3 is 0 Å². The molecule has 0 aromatic rings. The fourth-order valence-electron chi connectivity index (χ4n) is 2.94. The van der Waals surface area contributed by atoms with E-state index in [4.69, 9.17) is 4.74 Å². The Morgan fingerprint density at radius 2 is 2.00 bits per heavy atom. The van der Waals surface area contributed by atoms with Crippen LogP contribution in [0.2, 0.25) is 0 Å². The van der Waals surface area contributed by atoms with E-state index in [1.807, 2.05) is 0 Å². The lowest BCUT2D eigenvalue weighted by atomic mass is 9.82. The molecule has 0 bridgehead atoms. The van der Waals surface area contributed by atoms with Crippen LogP contribution >= 0.6 is 0 Å². The summed E-state index contributed by atoms with van der Waals surface area (Å²) in [5.74, 6) is -0.00899. The third kappa shape index (κ3) is 2.67. The summed E-state index contributed by atoms with van der Waals surface area (Å²) in [6.45, 7) is 4.61. The van der Waals surface area contributed by atoms with Gasteiger partial charge in [-0.3, -0.25) is 14.5 Å². The second-order valence-electron chi connectivity index (χ2n) is 6.39. The van der Waals surface area contributed by atoms with Crippen molar-refractivity contribution in [1.82, 2.24) is 10.2 Å². The number of imide groups is 1. The molecule has 106 valence electrons. The SMILES string of the molecule is CC1(CNC2CC(=O)N(C3CC3)C2=O)CCOCC1. The first-order chi connectivity index (χ1) is 9.09. The number of likely N-dealkylation sites (tertiary alicyclic amines) is 1. The fourth-order valence-corrected chi connectivity index (χ4v) is 2.94. The average molecular weight is 266 g/mol. The summed E-state index contributed by atoms with van der Waals surface area (Å²) in [4.78, 5) is 25.5. The van der Waals surface area contributed by atoms with Crippen molar-refractivity contribution in [3.63, 3.8) is 0 Å². The number of ether oxygens (including phenoxy) is 1. The van der Waals surface area contributed by atoms with Crippen LogP contribution in [0.5, 0.6) is 0 Å². The van der Waals surface area contributed by atoms with Crippen LogP contribution in [0, 0.1) is 5.41 Å². The number of hydrogen-bond donors (Lipinski definition) is 1. The van der Waals surface area contributed by atoms with Crippen LogP contribution in [-0.2, 0) is 14.3 Å². The first kappa shape index (κ1) is 13.1. The predicted molar refractivity (Wildman–Crippen MR) is 69.4 cm³/mol. The summed E-state index contributed by atoms with van der Waals surface area (Å²) in [5, 5.41) is 3.32. The highest BCUT2D eigenvalue weighted by molar-refractivity contribution is 6.06. The molecule has 5 heteroatoms. The first-order valence-corrected chi connectivity index (χ1v) is 7.26. The Hall–Kier alpha value is -0.940. The van der Waals surface area contributed by atoms with E-state index in [9.17, 15) is 9.59 Å². The van der Waals surface area contributed by atoms with Crippen molar-refractivity contribution in [2.75, 3.05) is 19.8 Å². The molecule has 2 aliphatic heterocycles. The maximum absolute atomic E-state index is 12.2. The molecule has 5 nitrogen and oxygen atoms in total. The molecule has 1 aliphatic carbocycles. The van der Waals surface area contributed by atoms with Gasteiger partial charge in [0.05, 0.1) is 12.5 Å². The molecule has 0 aromatic heterocycles. The zero-order valence-electron chi connectivity index (χ0n) is 11.5. The van der Waals surface area contributed by atoms with E-state index in [0.29, 0.717) is 6.42 Å². The number of rotatable bonds is 4. The molecule has 1 atom stereocenters. The Kier molecular flexibility index (Phi) is 3.35. The summed E-state index contributed by atoms with van der Waals surface area (Å²) in [5.41, 5.74) is 0.189. The minimum absolute atomic E-state index is 0.00197. The Bertz CT molecular complexity index is 386. The van der Waals surface area contributed by atoms with Crippen LogP contribution in [0.1, 0.15) is 39.0 Å². The number of amides is 2. The number of nitrogens with one attached hydrogen (secondary N) is 1. The van der Waals surface area contributed by atoms with Crippen molar-refractivity contribution in [1.29, 1.82) is 0 Å². The molecule has 0 aromatic carbocycles. The van der Waals surface area contributed by atoms with Gasteiger partial charge in [-0.15, -0.1) is 0 Å². The molecule has 19 heavy (non-hydrogen) atoms. The fraction of sp³-hybridized carbons (Fsp3) is 0.857. The van der Waals surface area contributed by atoms with Crippen LogP contribution in [0.3, 0.4) is 0 Å². The van der Waals surface area contributed by atoms with Crippen molar-refractivity contribution in [3.05, 3.63) is 0 Å². The second kappa shape index (κ2) is 4.87. The quantitative estimate of drug-likeness (QED) is 0.760. The third-order valence-corrected chi connectivity index (χ3v) is 4.57. The Labute approximate surface area is 113 Å². The molecule has 1 N–H and O–H groups in total. The summed E-state index contributed by atoms with van der Waals surface area (Å²) < 4.78 is 5.37. The van der Waals surface area contributed by atoms with Crippen molar-refractivity contribution in [2.24, 2.45) is 5.41 Å². The predicted octanol–water partition coefficient (Wildman–Crippen LogP) is 0.683. The summed E-state index contributed by atoms with van der Waals surface area (Å²) in [6, 6.07) is -0.0989. The van der Waals surface area contributed by atoms with Gasteiger partial charge in [0.2, 0.25) is 11.8 Å². The van der Waals surface area contributed by atoms with Crippen LogP contribution in [0.15, 0.2) is 0 Å². The minimum atomic E-state index is -0.298. The highest BCUT2D eigenvalue weighted by Gasteiger charge is 2.46. The van der Waals surface area contributed by atoms with Gasteiger partial charge in [0.25, 0.3) is 0 Å². The summed E-state index contributed by atoms with van der Waals surface area (Å²) >= 11 is 0.